The van der Waals surface area contributed by atoms with Crippen molar-refractivity contribution in [2.45, 2.75) is 58.7 Å². The van der Waals surface area contributed by atoms with E-state index in [9.17, 15) is 14.4 Å². The minimum Gasteiger partial charge on any atom is -0.492 e. The van der Waals surface area contributed by atoms with E-state index in [1.165, 1.54) is 0 Å². The van der Waals surface area contributed by atoms with Gasteiger partial charge in [-0.15, -0.1) is 0 Å². The SMILES string of the molecule is CCC[C@@H]1NC(=O)[C@@H](C(C)C)NC(=O)[C@@H](C)NCCOc2ccccc2/C=C/CNC1=O. The molecule has 1 aromatic carbocycles. The van der Waals surface area contributed by atoms with E-state index < -0.39 is 18.1 Å². The second kappa shape index (κ2) is 12.9. The topological polar surface area (TPSA) is 109 Å². The molecule has 176 valence electrons. The van der Waals surface area contributed by atoms with Gasteiger partial charge in [0.25, 0.3) is 0 Å². The predicted molar refractivity (Wildman–Crippen MR) is 125 cm³/mol. The van der Waals surface area contributed by atoms with Gasteiger partial charge < -0.3 is 26.0 Å². The van der Waals surface area contributed by atoms with Gasteiger partial charge in [-0.25, -0.2) is 0 Å². The highest BCUT2D eigenvalue weighted by Gasteiger charge is 2.29. The van der Waals surface area contributed by atoms with Gasteiger partial charge in [-0.2, -0.15) is 0 Å². The summed E-state index contributed by atoms with van der Waals surface area (Å²) in [6.07, 6.45) is 4.99. The number of fused-ring (bicyclic) bond motifs is 1. The standard InChI is InChI=1S/C24H36N4O4/c1-5-9-19-23(30)26-13-8-11-18-10-6-7-12-20(18)32-15-14-25-17(4)22(29)28-21(16(2)3)24(31)27-19/h6-8,10-12,16-17,19,21,25H,5,9,13-15H2,1-4H3,(H,26,30)(H,27,31)(H,28,29)/b11-8+/t17-,19+,21-/m1/s1. The molecular weight excluding hydrogens is 408 g/mol. The molecule has 0 saturated heterocycles. The molecular formula is C24H36N4O4. The van der Waals surface area contributed by atoms with Crippen molar-refractivity contribution in [1.29, 1.82) is 0 Å². The molecule has 8 heteroatoms. The van der Waals surface area contributed by atoms with Crippen molar-refractivity contribution < 1.29 is 19.1 Å². The summed E-state index contributed by atoms with van der Waals surface area (Å²) in [5, 5.41) is 11.6. The van der Waals surface area contributed by atoms with Crippen LogP contribution in [0.25, 0.3) is 6.08 Å². The van der Waals surface area contributed by atoms with Crippen molar-refractivity contribution >= 4 is 23.8 Å². The van der Waals surface area contributed by atoms with Crippen LogP contribution in [0.1, 0.15) is 46.1 Å². The van der Waals surface area contributed by atoms with Gasteiger partial charge in [0.2, 0.25) is 17.7 Å². The Balaban J connectivity index is 2.23. The van der Waals surface area contributed by atoms with Crippen LogP contribution in [-0.4, -0.2) is 55.5 Å². The van der Waals surface area contributed by atoms with Gasteiger partial charge in [-0.05, 0) is 25.3 Å². The van der Waals surface area contributed by atoms with Crippen LogP contribution in [0, 0.1) is 5.92 Å². The number of nitrogens with one attached hydrogen (secondary N) is 4. The molecule has 0 unspecified atom stereocenters. The molecule has 0 bridgehead atoms. The maximum Gasteiger partial charge on any atom is 0.243 e. The third-order valence-corrected chi connectivity index (χ3v) is 5.27. The van der Waals surface area contributed by atoms with E-state index in [1.54, 1.807) is 6.92 Å². The van der Waals surface area contributed by atoms with E-state index >= 15 is 0 Å². The zero-order chi connectivity index (χ0) is 23.5. The fourth-order valence-electron chi connectivity index (χ4n) is 3.38. The third kappa shape index (κ3) is 7.67. The van der Waals surface area contributed by atoms with Crippen molar-refractivity contribution in [1.82, 2.24) is 21.3 Å². The Labute approximate surface area is 190 Å². The van der Waals surface area contributed by atoms with Gasteiger partial charge in [0, 0.05) is 18.7 Å². The molecule has 0 radical (unpaired) electrons. The molecule has 1 aromatic rings. The monoisotopic (exact) mass is 444 g/mol. The highest BCUT2D eigenvalue weighted by Crippen LogP contribution is 2.19. The molecule has 8 nitrogen and oxygen atoms in total. The summed E-state index contributed by atoms with van der Waals surface area (Å²) in [7, 11) is 0. The van der Waals surface area contributed by atoms with Crippen LogP contribution in [0.5, 0.6) is 5.75 Å². The molecule has 1 aliphatic rings. The van der Waals surface area contributed by atoms with Crippen molar-refractivity contribution in [2.75, 3.05) is 19.7 Å². The molecule has 1 aliphatic heterocycles. The summed E-state index contributed by atoms with van der Waals surface area (Å²) in [4.78, 5) is 38.3. The number of hydrogen-bond acceptors (Lipinski definition) is 5. The van der Waals surface area contributed by atoms with Crippen LogP contribution in [-0.2, 0) is 14.4 Å². The Bertz CT molecular complexity index is 809. The fraction of sp³-hybridized carbons (Fsp3) is 0.542. The molecule has 1 heterocycles. The van der Waals surface area contributed by atoms with E-state index in [1.807, 2.05) is 57.2 Å². The van der Waals surface area contributed by atoms with Crippen molar-refractivity contribution in [3.63, 3.8) is 0 Å². The first kappa shape index (κ1) is 25.4. The Kier molecular flexibility index (Phi) is 10.2. The van der Waals surface area contributed by atoms with Crippen LogP contribution in [0.3, 0.4) is 0 Å². The van der Waals surface area contributed by atoms with E-state index in [-0.39, 0.29) is 23.6 Å². The number of para-hydroxylation sites is 1. The highest BCUT2D eigenvalue weighted by molar-refractivity contribution is 5.93. The fourth-order valence-corrected chi connectivity index (χ4v) is 3.38. The van der Waals surface area contributed by atoms with Crippen LogP contribution < -0.4 is 26.0 Å². The number of carbonyl (C=O) groups is 3. The smallest absolute Gasteiger partial charge is 0.243 e. The maximum absolute atomic E-state index is 12.9. The summed E-state index contributed by atoms with van der Waals surface area (Å²) in [6, 6.07) is 5.73. The van der Waals surface area contributed by atoms with E-state index in [2.05, 4.69) is 21.3 Å². The van der Waals surface area contributed by atoms with E-state index in [0.717, 1.165) is 17.7 Å². The Morgan fingerprint density at radius 3 is 2.53 bits per heavy atom. The first-order valence-electron chi connectivity index (χ1n) is 11.3. The molecule has 0 fully saturated rings. The van der Waals surface area contributed by atoms with Gasteiger partial charge in [0.15, 0.2) is 0 Å². The zero-order valence-electron chi connectivity index (χ0n) is 19.4. The lowest BCUT2D eigenvalue weighted by Gasteiger charge is -2.26. The number of amides is 3. The average Bonchev–Trinajstić information content (AvgIpc) is 2.76. The summed E-state index contributed by atoms with van der Waals surface area (Å²) in [6.45, 7) is 8.60. The van der Waals surface area contributed by atoms with Gasteiger partial charge in [0.1, 0.15) is 24.4 Å². The largest absolute Gasteiger partial charge is 0.492 e. The second-order valence-electron chi connectivity index (χ2n) is 8.29. The van der Waals surface area contributed by atoms with Gasteiger partial charge in [-0.1, -0.05) is 57.5 Å². The van der Waals surface area contributed by atoms with E-state index in [4.69, 9.17) is 4.74 Å². The Hall–Kier alpha value is -2.87. The maximum atomic E-state index is 12.9. The Morgan fingerprint density at radius 2 is 1.81 bits per heavy atom. The van der Waals surface area contributed by atoms with Crippen LogP contribution in [0.2, 0.25) is 0 Å². The lowest BCUT2D eigenvalue weighted by atomic mass is 10.0. The zero-order valence-corrected chi connectivity index (χ0v) is 19.4. The minimum absolute atomic E-state index is 0.134. The number of ether oxygens (including phenoxy) is 1. The molecule has 3 atom stereocenters. The lowest BCUT2D eigenvalue weighted by Crippen LogP contribution is -2.57. The summed E-state index contributed by atoms with van der Waals surface area (Å²) in [5.41, 5.74) is 0.895. The number of carbonyl (C=O) groups excluding carboxylic acids is 3. The van der Waals surface area contributed by atoms with Crippen molar-refractivity contribution in [3.8, 4) is 5.75 Å². The molecule has 0 spiro atoms. The summed E-state index contributed by atoms with van der Waals surface area (Å²) in [5.74, 6) is -0.293. The molecule has 32 heavy (non-hydrogen) atoms. The van der Waals surface area contributed by atoms with E-state index in [0.29, 0.717) is 26.1 Å². The average molecular weight is 445 g/mol. The first-order valence-corrected chi connectivity index (χ1v) is 11.3. The van der Waals surface area contributed by atoms with Crippen molar-refractivity contribution in [3.05, 3.63) is 35.9 Å². The van der Waals surface area contributed by atoms with Gasteiger partial charge in [0.05, 0.1) is 6.04 Å². The molecule has 3 amide bonds. The normalized spacial score (nSPS) is 24.8. The molecule has 0 saturated carbocycles. The molecule has 2 rings (SSSR count). The molecule has 4 N–H and O–H groups in total. The minimum atomic E-state index is -0.735. The van der Waals surface area contributed by atoms with Gasteiger partial charge >= 0.3 is 0 Å². The number of rotatable bonds is 3. The Morgan fingerprint density at radius 1 is 1.06 bits per heavy atom. The van der Waals surface area contributed by atoms with Crippen LogP contribution in [0.4, 0.5) is 0 Å². The quantitative estimate of drug-likeness (QED) is 0.567. The van der Waals surface area contributed by atoms with Crippen molar-refractivity contribution in [2.24, 2.45) is 5.92 Å². The van der Waals surface area contributed by atoms with Crippen LogP contribution >= 0.6 is 0 Å². The summed E-state index contributed by atoms with van der Waals surface area (Å²) < 4.78 is 5.87. The molecule has 0 aromatic heterocycles. The number of hydrogen-bond donors (Lipinski definition) is 4. The second-order valence-corrected chi connectivity index (χ2v) is 8.29. The predicted octanol–water partition coefficient (Wildman–Crippen LogP) is 1.61. The van der Waals surface area contributed by atoms with Gasteiger partial charge in [-0.3, -0.25) is 14.4 Å². The third-order valence-electron chi connectivity index (χ3n) is 5.27. The highest BCUT2D eigenvalue weighted by atomic mass is 16.5. The lowest BCUT2D eigenvalue weighted by molar-refractivity contribution is -0.133. The molecule has 0 aliphatic carbocycles. The number of benzene rings is 1. The van der Waals surface area contributed by atoms with Crippen LogP contribution in [0.15, 0.2) is 30.3 Å². The summed E-state index contributed by atoms with van der Waals surface area (Å²) >= 11 is 0. The first-order chi connectivity index (χ1) is 15.3.